The van der Waals surface area contributed by atoms with Gasteiger partial charge in [-0.25, -0.2) is 0 Å². The van der Waals surface area contributed by atoms with Crippen molar-refractivity contribution in [2.24, 2.45) is 11.7 Å². The maximum Gasteiger partial charge on any atom is 0.217 e. The first-order valence-corrected chi connectivity index (χ1v) is 10.6. The summed E-state index contributed by atoms with van der Waals surface area (Å²) in [6.07, 6.45) is 8.80. The van der Waals surface area contributed by atoms with E-state index in [-0.39, 0.29) is 5.91 Å². The molecule has 0 bridgehead atoms. The van der Waals surface area contributed by atoms with Crippen molar-refractivity contribution in [1.82, 2.24) is 0 Å². The monoisotopic (exact) mass is 401 g/mol. The summed E-state index contributed by atoms with van der Waals surface area (Å²) in [7, 11) is 0. The summed E-state index contributed by atoms with van der Waals surface area (Å²) in [5, 5.41) is 2.14. The number of amides is 1. The van der Waals surface area contributed by atoms with Crippen molar-refractivity contribution in [1.29, 1.82) is 0 Å². The third kappa shape index (κ3) is 14.2. The zero-order valence-corrected chi connectivity index (χ0v) is 18.7. The molecule has 2 aromatic carbocycles. The first-order valence-electron chi connectivity index (χ1n) is 10.6. The molecule has 2 rings (SSSR count). The van der Waals surface area contributed by atoms with E-state index in [1.165, 1.54) is 25.7 Å². The van der Waals surface area contributed by atoms with Crippen LogP contribution in [0, 0.1) is 5.92 Å². The van der Waals surface area contributed by atoms with Gasteiger partial charge in [0.05, 0.1) is 0 Å². The zero-order valence-electron chi connectivity index (χ0n) is 18.7. The summed E-state index contributed by atoms with van der Waals surface area (Å²) in [5.74, 6) is 0.589. The Labute approximate surface area is 176 Å². The lowest BCUT2D eigenvalue weighted by Crippen LogP contribution is -2.10. The average Bonchev–Trinajstić information content (AvgIpc) is 2.76. The van der Waals surface area contributed by atoms with Crippen LogP contribution in [0.2, 0.25) is 0 Å². The normalized spacial score (nSPS) is 10.2. The summed E-state index contributed by atoms with van der Waals surface area (Å²) in [4.78, 5) is 29.1. The summed E-state index contributed by atoms with van der Waals surface area (Å²) >= 11 is 0. The van der Waals surface area contributed by atoms with Crippen LogP contribution in [0.1, 0.15) is 83.0 Å². The Morgan fingerprint density at radius 1 is 1.00 bits per heavy atom. The topological polar surface area (TPSA) is 77.2 Å². The number of carbonyl (C=O) groups is 3. The first kappa shape index (κ1) is 28.7. The van der Waals surface area contributed by atoms with Crippen LogP contribution < -0.4 is 5.73 Å². The SMILES string of the molecule is C=O.CC.CCCCCC(C)CCCC(N)=O.O=Cc1cccc2ccccc12. The quantitative estimate of drug-likeness (QED) is 0.393. The van der Waals surface area contributed by atoms with Crippen molar-refractivity contribution in [3.05, 3.63) is 48.0 Å². The van der Waals surface area contributed by atoms with E-state index in [1.807, 2.05) is 63.1 Å². The van der Waals surface area contributed by atoms with Gasteiger partial charge in [-0.3, -0.25) is 9.59 Å². The number of primary amides is 1. The number of carbonyl (C=O) groups excluding carboxylic acids is 3. The van der Waals surface area contributed by atoms with Crippen LogP contribution in [0.4, 0.5) is 0 Å². The van der Waals surface area contributed by atoms with E-state index in [2.05, 4.69) is 13.8 Å². The highest BCUT2D eigenvalue weighted by Gasteiger charge is 2.02. The number of rotatable bonds is 9. The van der Waals surface area contributed by atoms with E-state index in [0.29, 0.717) is 6.42 Å². The van der Waals surface area contributed by atoms with Crippen molar-refractivity contribution in [2.45, 2.75) is 72.6 Å². The Bertz CT molecular complexity index is 665. The van der Waals surface area contributed by atoms with Gasteiger partial charge in [-0.1, -0.05) is 102 Å². The van der Waals surface area contributed by atoms with E-state index in [9.17, 15) is 9.59 Å². The van der Waals surface area contributed by atoms with Crippen molar-refractivity contribution in [2.75, 3.05) is 0 Å². The fraction of sp³-hybridized carbons (Fsp3) is 0.480. The van der Waals surface area contributed by atoms with E-state index in [0.717, 1.165) is 41.4 Å². The van der Waals surface area contributed by atoms with Crippen LogP contribution in [-0.4, -0.2) is 19.0 Å². The van der Waals surface area contributed by atoms with Crippen LogP contribution in [0.3, 0.4) is 0 Å². The number of fused-ring (bicyclic) bond motifs is 1. The molecule has 29 heavy (non-hydrogen) atoms. The number of hydrogen-bond acceptors (Lipinski definition) is 3. The van der Waals surface area contributed by atoms with Crippen LogP contribution in [0.15, 0.2) is 42.5 Å². The van der Waals surface area contributed by atoms with Crippen molar-refractivity contribution < 1.29 is 14.4 Å². The lowest BCUT2D eigenvalue weighted by molar-refractivity contribution is -0.118. The van der Waals surface area contributed by atoms with E-state index >= 15 is 0 Å². The van der Waals surface area contributed by atoms with Crippen molar-refractivity contribution in [3.8, 4) is 0 Å². The Hall–Kier alpha value is -2.49. The lowest BCUT2D eigenvalue weighted by atomic mass is 9.97. The minimum atomic E-state index is -0.166. The highest BCUT2D eigenvalue weighted by molar-refractivity contribution is 5.97. The largest absolute Gasteiger partial charge is 0.370 e. The third-order valence-corrected chi connectivity index (χ3v) is 4.37. The summed E-state index contributed by atoms with van der Waals surface area (Å²) in [6.45, 7) is 10.5. The van der Waals surface area contributed by atoms with Crippen molar-refractivity contribution >= 4 is 29.8 Å². The molecule has 0 heterocycles. The molecule has 1 amide bonds. The number of hydrogen-bond donors (Lipinski definition) is 1. The number of unbranched alkanes of at least 4 members (excludes halogenated alkanes) is 2. The summed E-state index contributed by atoms with van der Waals surface area (Å²) < 4.78 is 0. The predicted molar refractivity (Wildman–Crippen MR) is 124 cm³/mol. The molecule has 0 aromatic heterocycles. The smallest absolute Gasteiger partial charge is 0.217 e. The Morgan fingerprint density at radius 2 is 1.59 bits per heavy atom. The van der Waals surface area contributed by atoms with E-state index in [4.69, 9.17) is 10.5 Å². The Kier molecular flexibility index (Phi) is 20.1. The Balaban J connectivity index is 0. The molecule has 2 aromatic rings. The first-order chi connectivity index (χ1) is 14.1. The molecule has 0 saturated heterocycles. The molecule has 0 aliphatic heterocycles. The van der Waals surface area contributed by atoms with Gasteiger partial charge in [0.25, 0.3) is 0 Å². The molecule has 4 nitrogen and oxygen atoms in total. The van der Waals surface area contributed by atoms with Crippen LogP contribution in [-0.2, 0) is 9.59 Å². The van der Waals surface area contributed by atoms with Crippen LogP contribution in [0.25, 0.3) is 10.8 Å². The van der Waals surface area contributed by atoms with Gasteiger partial charge in [0, 0.05) is 12.0 Å². The number of benzene rings is 2. The van der Waals surface area contributed by atoms with Gasteiger partial charge in [0.15, 0.2) is 6.29 Å². The number of nitrogens with two attached hydrogens (primary N) is 1. The van der Waals surface area contributed by atoms with Gasteiger partial charge in [-0.05, 0) is 23.1 Å². The summed E-state index contributed by atoms with van der Waals surface area (Å²) in [5.41, 5.74) is 5.82. The van der Waals surface area contributed by atoms with Gasteiger partial charge >= 0.3 is 0 Å². The average molecular weight is 402 g/mol. The van der Waals surface area contributed by atoms with Crippen molar-refractivity contribution in [3.63, 3.8) is 0 Å². The molecule has 162 valence electrons. The maximum absolute atomic E-state index is 10.6. The highest BCUT2D eigenvalue weighted by atomic mass is 16.1. The maximum atomic E-state index is 10.6. The Morgan fingerprint density at radius 3 is 2.17 bits per heavy atom. The van der Waals surface area contributed by atoms with Gasteiger partial charge in [0.2, 0.25) is 5.91 Å². The van der Waals surface area contributed by atoms with Gasteiger partial charge < -0.3 is 10.5 Å². The fourth-order valence-corrected chi connectivity index (χ4v) is 2.87. The molecule has 0 aliphatic carbocycles. The molecule has 0 spiro atoms. The molecule has 0 radical (unpaired) electrons. The second kappa shape index (κ2) is 20.2. The van der Waals surface area contributed by atoms with Gasteiger partial charge in [-0.2, -0.15) is 0 Å². The van der Waals surface area contributed by atoms with Gasteiger partial charge in [-0.15, -0.1) is 0 Å². The minimum Gasteiger partial charge on any atom is -0.370 e. The second-order valence-corrected chi connectivity index (χ2v) is 6.65. The molecule has 4 heteroatoms. The standard InChI is InChI=1S/C11H23NO.C11H8O.C2H6.CH2O/c1-3-4-5-7-10(2)8-6-9-11(12)13;12-8-10-6-3-5-9-4-1-2-7-11(9)10;2*1-2/h10H,3-9H2,1-2H3,(H2,12,13);1-8H;1-2H3;1H2. The zero-order chi connectivity index (χ0) is 22.5. The van der Waals surface area contributed by atoms with Crippen LogP contribution >= 0.6 is 0 Å². The van der Waals surface area contributed by atoms with Crippen LogP contribution in [0.5, 0.6) is 0 Å². The lowest BCUT2D eigenvalue weighted by Gasteiger charge is -2.09. The van der Waals surface area contributed by atoms with Gasteiger partial charge in [0.1, 0.15) is 6.79 Å². The van der Waals surface area contributed by atoms with E-state index in [1.54, 1.807) is 0 Å². The van der Waals surface area contributed by atoms with E-state index < -0.39 is 0 Å². The molecule has 1 unspecified atom stereocenters. The molecule has 1 atom stereocenters. The second-order valence-electron chi connectivity index (χ2n) is 6.65. The molecular formula is C25H39NO3. The minimum absolute atomic E-state index is 0.166. The third-order valence-electron chi connectivity index (χ3n) is 4.37. The summed E-state index contributed by atoms with van der Waals surface area (Å²) in [6, 6.07) is 13.6. The predicted octanol–water partition coefficient (Wildman–Crippen LogP) is 6.35. The molecule has 0 saturated carbocycles. The fourth-order valence-electron chi connectivity index (χ4n) is 2.87. The highest BCUT2D eigenvalue weighted by Crippen LogP contribution is 2.16. The molecular weight excluding hydrogens is 362 g/mol. The molecule has 0 fully saturated rings. The molecule has 2 N–H and O–H groups in total. The number of aldehydes is 1. The molecule has 0 aliphatic rings.